The third-order valence-corrected chi connectivity index (χ3v) is 4.94. The number of aromatic nitrogens is 1. The highest BCUT2D eigenvalue weighted by Crippen LogP contribution is 2.45. The van der Waals surface area contributed by atoms with E-state index in [-0.39, 0.29) is 6.17 Å². The number of hydrogen-bond donors (Lipinski definition) is 1. The van der Waals surface area contributed by atoms with Crippen LogP contribution in [-0.4, -0.2) is 16.9 Å². The maximum atomic E-state index is 4.51. The van der Waals surface area contributed by atoms with Crippen molar-refractivity contribution in [2.24, 2.45) is 0 Å². The van der Waals surface area contributed by atoms with Crippen LogP contribution in [0.5, 0.6) is 0 Å². The largest absolute Gasteiger partial charge is 0.366 e. The zero-order valence-electron chi connectivity index (χ0n) is 10.3. The zero-order chi connectivity index (χ0) is 12.1. The highest BCUT2D eigenvalue weighted by molar-refractivity contribution is 7.19. The Morgan fingerprint density at radius 2 is 2.33 bits per heavy atom. The van der Waals surface area contributed by atoms with Crippen LogP contribution in [0, 0.1) is 0 Å². The molecule has 3 heterocycles. The molecule has 1 aliphatic carbocycles. The van der Waals surface area contributed by atoms with Crippen molar-refractivity contribution < 1.29 is 0 Å². The van der Waals surface area contributed by atoms with Gasteiger partial charge in [0.05, 0.1) is 10.2 Å². The average Bonchev–Trinajstić information content (AvgIpc) is 2.98. The Balaban J connectivity index is 1.81. The van der Waals surface area contributed by atoms with E-state index in [2.05, 4.69) is 40.6 Å². The van der Waals surface area contributed by atoms with Crippen LogP contribution in [0.3, 0.4) is 0 Å². The van der Waals surface area contributed by atoms with Gasteiger partial charge in [0.2, 0.25) is 0 Å². The fraction of sp³-hybridized carbons (Fsp3) is 0.357. The van der Waals surface area contributed by atoms with Gasteiger partial charge < -0.3 is 10.2 Å². The van der Waals surface area contributed by atoms with Gasteiger partial charge in [0.1, 0.15) is 6.17 Å². The molecular formula is C14H15N3S. The summed E-state index contributed by atoms with van der Waals surface area (Å²) in [7, 11) is 2.10. The first-order chi connectivity index (χ1) is 8.83. The van der Waals surface area contributed by atoms with Gasteiger partial charge in [-0.1, -0.05) is 0 Å². The Hall–Kier alpha value is -1.55. The molecule has 0 bridgehead atoms. The minimum absolute atomic E-state index is 0.274. The van der Waals surface area contributed by atoms with Crippen molar-refractivity contribution in [3.8, 4) is 0 Å². The van der Waals surface area contributed by atoms with Crippen molar-refractivity contribution in [2.45, 2.75) is 24.9 Å². The van der Waals surface area contributed by atoms with Gasteiger partial charge in [0.15, 0.2) is 0 Å². The van der Waals surface area contributed by atoms with Gasteiger partial charge in [-0.05, 0) is 36.5 Å². The topological polar surface area (TPSA) is 28.2 Å². The molecule has 1 atom stereocenters. The van der Waals surface area contributed by atoms with Crippen LogP contribution < -0.4 is 5.32 Å². The van der Waals surface area contributed by atoms with E-state index in [9.17, 15) is 0 Å². The van der Waals surface area contributed by atoms with Gasteiger partial charge in [-0.25, -0.2) is 0 Å². The van der Waals surface area contributed by atoms with Crippen molar-refractivity contribution in [3.63, 3.8) is 0 Å². The lowest BCUT2D eigenvalue weighted by Gasteiger charge is -2.19. The molecule has 18 heavy (non-hydrogen) atoms. The Bertz CT molecular complexity index is 627. The van der Waals surface area contributed by atoms with Gasteiger partial charge in [-0.3, -0.25) is 4.98 Å². The average molecular weight is 257 g/mol. The number of pyridine rings is 1. The minimum atomic E-state index is 0.274. The summed E-state index contributed by atoms with van der Waals surface area (Å²) in [4.78, 5) is 8.05. The van der Waals surface area contributed by atoms with Crippen LogP contribution in [-0.2, 0) is 0 Å². The van der Waals surface area contributed by atoms with Crippen LogP contribution in [0.25, 0.3) is 10.2 Å². The SMILES string of the molecule is CN1C=CNC1c1cc2nccc(C3CC3)c2s1. The summed E-state index contributed by atoms with van der Waals surface area (Å²) in [5.74, 6) is 0.786. The van der Waals surface area contributed by atoms with E-state index in [0.29, 0.717) is 0 Å². The maximum Gasteiger partial charge on any atom is 0.134 e. The lowest BCUT2D eigenvalue weighted by molar-refractivity contribution is 0.345. The van der Waals surface area contributed by atoms with Crippen LogP contribution in [0.15, 0.2) is 30.7 Å². The van der Waals surface area contributed by atoms with E-state index >= 15 is 0 Å². The van der Waals surface area contributed by atoms with Gasteiger partial charge in [-0.15, -0.1) is 11.3 Å². The van der Waals surface area contributed by atoms with E-state index in [4.69, 9.17) is 0 Å². The smallest absolute Gasteiger partial charge is 0.134 e. The molecule has 0 radical (unpaired) electrons. The Kier molecular flexibility index (Phi) is 2.14. The summed E-state index contributed by atoms with van der Waals surface area (Å²) in [5, 5.41) is 3.38. The number of hydrogen-bond acceptors (Lipinski definition) is 4. The number of nitrogens with zero attached hydrogens (tertiary/aromatic N) is 2. The van der Waals surface area contributed by atoms with Gasteiger partial charge >= 0.3 is 0 Å². The number of fused-ring (bicyclic) bond motifs is 1. The molecule has 0 aromatic carbocycles. The van der Waals surface area contributed by atoms with Crippen molar-refractivity contribution in [2.75, 3.05) is 7.05 Å². The molecule has 2 aromatic rings. The fourth-order valence-electron chi connectivity index (χ4n) is 2.56. The third kappa shape index (κ3) is 1.52. The summed E-state index contributed by atoms with van der Waals surface area (Å²) < 4.78 is 1.39. The second kappa shape index (κ2) is 3.72. The highest BCUT2D eigenvalue weighted by Gasteiger charge is 2.27. The fourth-order valence-corrected chi connectivity index (χ4v) is 3.89. The van der Waals surface area contributed by atoms with Crippen LogP contribution in [0.2, 0.25) is 0 Å². The summed E-state index contributed by atoms with van der Waals surface area (Å²) in [6.07, 6.45) is 8.99. The summed E-state index contributed by atoms with van der Waals surface area (Å²) in [5.41, 5.74) is 2.66. The van der Waals surface area contributed by atoms with E-state index < -0.39 is 0 Å². The third-order valence-electron chi connectivity index (χ3n) is 3.72. The molecule has 1 unspecified atom stereocenters. The zero-order valence-corrected chi connectivity index (χ0v) is 11.1. The second-order valence-electron chi connectivity index (χ2n) is 5.09. The first kappa shape index (κ1) is 10.4. The van der Waals surface area contributed by atoms with Gasteiger partial charge in [0, 0.05) is 30.5 Å². The summed E-state index contributed by atoms with van der Waals surface area (Å²) in [6, 6.07) is 4.43. The summed E-state index contributed by atoms with van der Waals surface area (Å²) >= 11 is 1.89. The molecule has 4 rings (SSSR count). The van der Waals surface area contributed by atoms with E-state index in [1.807, 2.05) is 23.7 Å². The van der Waals surface area contributed by atoms with Crippen LogP contribution >= 0.6 is 11.3 Å². The quantitative estimate of drug-likeness (QED) is 0.895. The molecule has 1 fully saturated rings. The Morgan fingerprint density at radius 3 is 3.06 bits per heavy atom. The predicted molar refractivity (Wildman–Crippen MR) is 74.4 cm³/mol. The molecule has 4 heteroatoms. The molecule has 0 amide bonds. The number of rotatable bonds is 2. The van der Waals surface area contributed by atoms with Crippen molar-refractivity contribution in [3.05, 3.63) is 41.2 Å². The molecule has 0 saturated heterocycles. The van der Waals surface area contributed by atoms with Crippen molar-refractivity contribution in [1.82, 2.24) is 15.2 Å². The predicted octanol–water partition coefficient (Wildman–Crippen LogP) is 3.18. The van der Waals surface area contributed by atoms with Crippen LogP contribution in [0.4, 0.5) is 0 Å². The van der Waals surface area contributed by atoms with E-state index in [1.54, 1.807) is 0 Å². The number of thiophene rings is 1. The Labute approximate surface area is 110 Å². The molecule has 2 aliphatic rings. The second-order valence-corrected chi connectivity index (χ2v) is 6.17. The molecule has 1 aliphatic heterocycles. The lowest BCUT2D eigenvalue weighted by atomic mass is 10.1. The van der Waals surface area contributed by atoms with Gasteiger partial charge in [-0.2, -0.15) is 0 Å². The number of nitrogens with one attached hydrogen (secondary N) is 1. The first-order valence-corrected chi connectivity index (χ1v) is 7.17. The van der Waals surface area contributed by atoms with Crippen molar-refractivity contribution in [1.29, 1.82) is 0 Å². The van der Waals surface area contributed by atoms with E-state index in [0.717, 1.165) is 11.4 Å². The summed E-state index contributed by atoms with van der Waals surface area (Å²) in [6.45, 7) is 0. The normalized spacial score (nSPS) is 22.7. The minimum Gasteiger partial charge on any atom is -0.366 e. The monoisotopic (exact) mass is 257 g/mol. The molecular weight excluding hydrogens is 242 g/mol. The molecule has 92 valence electrons. The highest BCUT2D eigenvalue weighted by atomic mass is 32.1. The van der Waals surface area contributed by atoms with E-state index in [1.165, 1.54) is 28.0 Å². The molecule has 2 aromatic heterocycles. The van der Waals surface area contributed by atoms with Crippen LogP contribution in [0.1, 0.15) is 35.4 Å². The molecule has 3 nitrogen and oxygen atoms in total. The standard InChI is InChI=1S/C14H15N3S/c1-17-7-6-16-14(17)12-8-11-13(18-12)10(4-5-15-11)9-2-3-9/h4-9,14,16H,2-3H2,1H3. The van der Waals surface area contributed by atoms with Crippen molar-refractivity contribution >= 4 is 21.6 Å². The van der Waals surface area contributed by atoms with Gasteiger partial charge in [0.25, 0.3) is 0 Å². The maximum absolute atomic E-state index is 4.51. The first-order valence-electron chi connectivity index (χ1n) is 6.36. The molecule has 1 N–H and O–H groups in total. The molecule has 1 saturated carbocycles. The Morgan fingerprint density at radius 1 is 1.44 bits per heavy atom. The molecule has 0 spiro atoms. The lowest BCUT2D eigenvalue weighted by Crippen LogP contribution is -2.22.